The Morgan fingerprint density at radius 2 is 1.45 bits per heavy atom. The van der Waals surface area contributed by atoms with Crippen LogP contribution in [-0.4, -0.2) is 20.2 Å². The quantitative estimate of drug-likeness (QED) is 0.342. The molecule has 140 valence electrons. The SMILES string of the molecule is Cc1ccc2cccc(O)c2n1.Oc1ccccc1-c1nc2ccccc2o1.[Zn]. The van der Waals surface area contributed by atoms with Gasteiger partial charge in [-0.05, 0) is 43.3 Å². The summed E-state index contributed by atoms with van der Waals surface area (Å²) in [6.45, 7) is 1.91. The summed E-state index contributed by atoms with van der Waals surface area (Å²) in [6.07, 6.45) is 0. The van der Waals surface area contributed by atoms with Crippen LogP contribution in [0.5, 0.6) is 11.5 Å². The van der Waals surface area contributed by atoms with E-state index in [2.05, 4.69) is 9.97 Å². The van der Waals surface area contributed by atoms with E-state index in [4.69, 9.17) is 4.42 Å². The maximum Gasteiger partial charge on any atom is 0.231 e. The maximum atomic E-state index is 9.69. The summed E-state index contributed by atoms with van der Waals surface area (Å²) in [5.41, 5.74) is 3.72. The molecule has 5 aromatic rings. The van der Waals surface area contributed by atoms with Crippen LogP contribution in [0.3, 0.4) is 0 Å². The Balaban J connectivity index is 0.000000167. The van der Waals surface area contributed by atoms with Crippen LogP contribution in [0.25, 0.3) is 33.5 Å². The number of aromatic hydroxyl groups is 2. The fourth-order valence-corrected chi connectivity index (χ4v) is 2.87. The first-order chi connectivity index (χ1) is 13.6. The molecule has 6 heteroatoms. The fourth-order valence-electron chi connectivity index (χ4n) is 2.87. The number of para-hydroxylation sites is 4. The predicted octanol–water partition coefficient (Wildman–Crippen LogP) is 5.45. The molecule has 0 saturated carbocycles. The van der Waals surface area contributed by atoms with Crippen LogP contribution >= 0.6 is 0 Å². The molecule has 0 radical (unpaired) electrons. The summed E-state index contributed by atoms with van der Waals surface area (Å²) in [7, 11) is 0. The van der Waals surface area contributed by atoms with Gasteiger partial charge in [0.2, 0.25) is 5.89 Å². The summed E-state index contributed by atoms with van der Waals surface area (Å²) >= 11 is 0. The standard InChI is InChI=1S/C13H9NO2.C10H9NO.Zn/c15-11-7-3-1-5-9(11)13-14-10-6-2-4-8-12(10)16-13;1-7-5-6-8-3-2-4-9(12)10(8)11-7;/h1-8,15H;2-6,12H,1H3;. The van der Waals surface area contributed by atoms with E-state index in [9.17, 15) is 10.2 Å². The molecule has 0 spiro atoms. The summed E-state index contributed by atoms with van der Waals surface area (Å²) in [5.74, 6) is 0.865. The molecule has 0 aliphatic rings. The largest absolute Gasteiger partial charge is 0.507 e. The van der Waals surface area contributed by atoms with Gasteiger partial charge in [0.05, 0.1) is 5.56 Å². The second-order valence-electron chi connectivity index (χ2n) is 6.31. The molecular weight excluding hydrogens is 418 g/mol. The van der Waals surface area contributed by atoms with Crippen molar-refractivity contribution in [2.45, 2.75) is 6.92 Å². The number of pyridine rings is 1. The number of phenolic OH excluding ortho intramolecular Hbond substituents is 2. The van der Waals surface area contributed by atoms with Crippen LogP contribution < -0.4 is 0 Å². The molecule has 2 N–H and O–H groups in total. The monoisotopic (exact) mass is 434 g/mol. The summed E-state index contributed by atoms with van der Waals surface area (Å²) in [4.78, 5) is 8.54. The summed E-state index contributed by atoms with van der Waals surface area (Å²) in [6, 6.07) is 23.8. The number of aromatic nitrogens is 2. The van der Waals surface area contributed by atoms with E-state index in [-0.39, 0.29) is 31.0 Å². The van der Waals surface area contributed by atoms with Gasteiger partial charge in [-0.1, -0.05) is 42.5 Å². The van der Waals surface area contributed by atoms with Crippen molar-refractivity contribution in [3.05, 3.63) is 84.6 Å². The molecule has 5 rings (SSSR count). The first-order valence-electron chi connectivity index (χ1n) is 8.81. The summed E-state index contributed by atoms with van der Waals surface area (Å²) in [5, 5.41) is 20.1. The van der Waals surface area contributed by atoms with Crippen molar-refractivity contribution in [2.24, 2.45) is 0 Å². The minimum atomic E-state index is 0. The number of fused-ring (bicyclic) bond motifs is 2. The van der Waals surface area contributed by atoms with E-state index < -0.39 is 0 Å². The van der Waals surface area contributed by atoms with Crippen LogP contribution in [0.4, 0.5) is 0 Å². The number of benzene rings is 3. The topological polar surface area (TPSA) is 79.4 Å². The zero-order valence-corrected chi connectivity index (χ0v) is 18.9. The second-order valence-corrected chi connectivity index (χ2v) is 6.31. The predicted molar refractivity (Wildman–Crippen MR) is 109 cm³/mol. The van der Waals surface area contributed by atoms with Gasteiger partial charge < -0.3 is 14.6 Å². The van der Waals surface area contributed by atoms with Crippen LogP contribution in [0.1, 0.15) is 5.69 Å². The van der Waals surface area contributed by atoms with E-state index in [1.165, 1.54) is 0 Å². The van der Waals surface area contributed by atoms with Crippen molar-refractivity contribution < 1.29 is 34.1 Å². The fraction of sp³-hybridized carbons (Fsp3) is 0.0435. The molecule has 0 fully saturated rings. The molecule has 0 amide bonds. The van der Waals surface area contributed by atoms with E-state index in [0.29, 0.717) is 17.0 Å². The number of hydrogen-bond acceptors (Lipinski definition) is 5. The molecule has 2 heterocycles. The molecule has 2 aromatic heterocycles. The number of rotatable bonds is 1. The Morgan fingerprint density at radius 1 is 0.724 bits per heavy atom. The van der Waals surface area contributed by atoms with Gasteiger partial charge in [0.25, 0.3) is 0 Å². The number of hydrogen-bond donors (Lipinski definition) is 2. The second kappa shape index (κ2) is 8.84. The van der Waals surface area contributed by atoms with E-state index >= 15 is 0 Å². The van der Waals surface area contributed by atoms with Gasteiger partial charge in [-0.2, -0.15) is 0 Å². The third-order valence-electron chi connectivity index (χ3n) is 4.27. The van der Waals surface area contributed by atoms with E-state index in [1.807, 2.05) is 61.5 Å². The zero-order valence-electron chi connectivity index (χ0n) is 15.9. The van der Waals surface area contributed by atoms with Crippen LogP contribution in [-0.2, 0) is 19.5 Å². The molecule has 3 aromatic carbocycles. The van der Waals surface area contributed by atoms with Crippen molar-refractivity contribution >= 4 is 22.0 Å². The van der Waals surface area contributed by atoms with Crippen molar-refractivity contribution in [3.8, 4) is 23.0 Å². The average Bonchev–Trinajstić information content (AvgIpc) is 3.13. The Bertz CT molecular complexity index is 1230. The molecule has 0 atom stereocenters. The smallest absolute Gasteiger partial charge is 0.231 e. The van der Waals surface area contributed by atoms with Gasteiger partial charge in [0, 0.05) is 30.6 Å². The van der Waals surface area contributed by atoms with Crippen LogP contribution in [0, 0.1) is 6.92 Å². The molecule has 0 saturated heterocycles. The van der Waals surface area contributed by atoms with E-state index in [0.717, 1.165) is 22.2 Å². The average molecular weight is 436 g/mol. The minimum absolute atomic E-state index is 0. The Labute approximate surface area is 180 Å². The normalized spacial score (nSPS) is 10.2. The van der Waals surface area contributed by atoms with Crippen LogP contribution in [0.15, 0.2) is 83.3 Å². The number of phenols is 2. The molecular formula is C23H18N2O3Zn. The van der Waals surface area contributed by atoms with Gasteiger partial charge in [-0.3, -0.25) is 0 Å². The van der Waals surface area contributed by atoms with Crippen molar-refractivity contribution in [2.75, 3.05) is 0 Å². The molecule has 5 nitrogen and oxygen atoms in total. The Morgan fingerprint density at radius 3 is 2.24 bits per heavy atom. The van der Waals surface area contributed by atoms with Crippen LogP contribution in [0.2, 0.25) is 0 Å². The van der Waals surface area contributed by atoms with Gasteiger partial charge in [0.1, 0.15) is 22.5 Å². The van der Waals surface area contributed by atoms with Crippen molar-refractivity contribution in [1.29, 1.82) is 0 Å². The van der Waals surface area contributed by atoms with Gasteiger partial charge >= 0.3 is 0 Å². The Hall–Kier alpha value is -3.24. The Kier molecular flexibility index (Phi) is 6.25. The minimum Gasteiger partial charge on any atom is -0.507 e. The van der Waals surface area contributed by atoms with Crippen molar-refractivity contribution in [1.82, 2.24) is 9.97 Å². The van der Waals surface area contributed by atoms with Crippen molar-refractivity contribution in [3.63, 3.8) is 0 Å². The first kappa shape index (κ1) is 20.5. The van der Waals surface area contributed by atoms with Gasteiger partial charge in [-0.25, -0.2) is 9.97 Å². The number of oxazole rings is 1. The maximum absolute atomic E-state index is 9.69. The molecule has 0 unspecified atom stereocenters. The zero-order chi connectivity index (χ0) is 19.5. The van der Waals surface area contributed by atoms with Gasteiger partial charge in [-0.15, -0.1) is 0 Å². The molecule has 0 aliphatic heterocycles. The number of aryl methyl sites for hydroxylation is 1. The third kappa shape index (κ3) is 4.44. The summed E-state index contributed by atoms with van der Waals surface area (Å²) < 4.78 is 5.56. The molecule has 29 heavy (non-hydrogen) atoms. The molecule has 0 bridgehead atoms. The number of nitrogens with zero attached hydrogens (tertiary/aromatic N) is 2. The van der Waals surface area contributed by atoms with E-state index in [1.54, 1.807) is 24.3 Å². The third-order valence-corrected chi connectivity index (χ3v) is 4.27. The van der Waals surface area contributed by atoms with Gasteiger partial charge in [0.15, 0.2) is 5.58 Å². The molecule has 0 aliphatic carbocycles. The first-order valence-corrected chi connectivity index (χ1v) is 8.81.